The largest absolute Gasteiger partial charge is 0.486 e. The summed E-state index contributed by atoms with van der Waals surface area (Å²) in [7, 11) is 0. The molecule has 152 valence electrons. The van der Waals surface area contributed by atoms with Gasteiger partial charge in [0.1, 0.15) is 23.2 Å². The zero-order valence-corrected chi connectivity index (χ0v) is 17.7. The van der Waals surface area contributed by atoms with Crippen molar-refractivity contribution in [3.8, 4) is 5.75 Å². The highest BCUT2D eigenvalue weighted by molar-refractivity contribution is 7.09. The molecule has 6 heteroatoms. The van der Waals surface area contributed by atoms with Crippen LogP contribution in [0.1, 0.15) is 46.9 Å². The van der Waals surface area contributed by atoms with Crippen LogP contribution in [0.15, 0.2) is 53.9 Å². The van der Waals surface area contributed by atoms with Crippen LogP contribution in [0.2, 0.25) is 0 Å². The van der Waals surface area contributed by atoms with Crippen LogP contribution in [0.5, 0.6) is 5.75 Å². The summed E-state index contributed by atoms with van der Waals surface area (Å²) in [5.74, 6) is 0.341. The van der Waals surface area contributed by atoms with Crippen LogP contribution in [-0.2, 0) is 13.2 Å². The predicted octanol–water partition coefficient (Wildman–Crippen LogP) is 5.61. The first-order valence-electron chi connectivity index (χ1n) is 9.65. The summed E-state index contributed by atoms with van der Waals surface area (Å²) in [5, 5.41) is 2.82. The van der Waals surface area contributed by atoms with Crippen LogP contribution < -0.4 is 4.74 Å². The van der Waals surface area contributed by atoms with Crippen molar-refractivity contribution in [2.24, 2.45) is 0 Å². The maximum absolute atomic E-state index is 13.2. The Bertz CT molecular complexity index is 956. The van der Waals surface area contributed by atoms with Gasteiger partial charge < -0.3 is 9.64 Å². The molecule has 0 N–H and O–H groups in total. The highest BCUT2D eigenvalue weighted by Crippen LogP contribution is 2.20. The highest BCUT2D eigenvalue weighted by atomic mass is 32.1. The first kappa shape index (κ1) is 21.0. The number of aryl methyl sites for hydroxylation is 1. The van der Waals surface area contributed by atoms with Crippen molar-refractivity contribution in [2.45, 2.75) is 46.4 Å². The number of carbonyl (C=O) groups excluding carboxylic acids is 1. The van der Waals surface area contributed by atoms with Crippen LogP contribution in [0.4, 0.5) is 4.39 Å². The molecule has 0 fully saturated rings. The van der Waals surface area contributed by atoms with Crippen molar-refractivity contribution in [3.63, 3.8) is 0 Å². The molecule has 0 unspecified atom stereocenters. The second-order valence-corrected chi connectivity index (χ2v) is 7.98. The van der Waals surface area contributed by atoms with E-state index in [0.29, 0.717) is 18.7 Å². The molecule has 0 aliphatic heterocycles. The summed E-state index contributed by atoms with van der Waals surface area (Å²) < 4.78 is 19.0. The Hall–Kier alpha value is -2.73. The Morgan fingerprint density at radius 2 is 2.00 bits per heavy atom. The van der Waals surface area contributed by atoms with Gasteiger partial charge in [0.15, 0.2) is 0 Å². The maximum atomic E-state index is 13.2. The number of hydrogen-bond acceptors (Lipinski definition) is 4. The minimum absolute atomic E-state index is 0.0428. The van der Waals surface area contributed by atoms with Crippen molar-refractivity contribution < 1.29 is 13.9 Å². The lowest BCUT2D eigenvalue weighted by Crippen LogP contribution is -2.37. The van der Waals surface area contributed by atoms with E-state index < -0.39 is 0 Å². The number of ether oxygens (including phenoxy) is 1. The zero-order chi connectivity index (χ0) is 20.8. The minimum atomic E-state index is -0.352. The SMILES string of the molecule is CC[C@H](C)N(Cc1csc(COc2cccc(C)c2)n1)C(=O)c1ccc(F)cc1. The Morgan fingerprint density at radius 1 is 1.24 bits per heavy atom. The molecule has 0 radical (unpaired) electrons. The fourth-order valence-electron chi connectivity index (χ4n) is 2.92. The standard InChI is InChI=1S/C23H25FN2O2S/c1-4-17(3)26(23(27)18-8-10-19(24)11-9-18)13-20-15-29-22(25-20)14-28-21-7-5-6-16(2)12-21/h5-12,15,17H,4,13-14H2,1-3H3/t17-/m0/s1. The molecule has 1 heterocycles. The van der Waals surface area contributed by atoms with Gasteiger partial charge >= 0.3 is 0 Å². The van der Waals surface area contributed by atoms with Crippen LogP contribution in [-0.4, -0.2) is 21.8 Å². The van der Waals surface area contributed by atoms with E-state index in [4.69, 9.17) is 4.74 Å². The number of halogens is 1. The average Bonchev–Trinajstić information content (AvgIpc) is 3.17. The topological polar surface area (TPSA) is 42.4 Å². The fraction of sp³-hybridized carbons (Fsp3) is 0.304. The van der Waals surface area contributed by atoms with Crippen molar-refractivity contribution >= 4 is 17.2 Å². The molecule has 3 aromatic rings. The molecule has 0 saturated heterocycles. The van der Waals surface area contributed by atoms with Crippen LogP contribution >= 0.6 is 11.3 Å². The molecule has 3 rings (SSSR count). The van der Waals surface area contributed by atoms with Gasteiger partial charge in [-0.15, -0.1) is 11.3 Å². The molecular formula is C23H25FN2O2S. The molecule has 0 aliphatic carbocycles. The van der Waals surface area contributed by atoms with Crippen molar-refractivity contribution in [2.75, 3.05) is 0 Å². The molecule has 4 nitrogen and oxygen atoms in total. The van der Waals surface area contributed by atoms with Gasteiger partial charge in [-0.25, -0.2) is 9.37 Å². The molecule has 0 aliphatic rings. The van der Waals surface area contributed by atoms with E-state index in [-0.39, 0.29) is 17.8 Å². The van der Waals surface area contributed by atoms with E-state index in [1.165, 1.54) is 35.6 Å². The number of thiazole rings is 1. The number of benzene rings is 2. The quantitative estimate of drug-likeness (QED) is 0.483. The van der Waals surface area contributed by atoms with Gasteiger partial charge in [-0.3, -0.25) is 4.79 Å². The van der Waals surface area contributed by atoms with Gasteiger partial charge in [0.05, 0.1) is 12.2 Å². The molecule has 0 saturated carbocycles. The number of amides is 1. The van der Waals surface area contributed by atoms with Crippen LogP contribution in [0.3, 0.4) is 0 Å². The molecule has 2 aromatic carbocycles. The average molecular weight is 413 g/mol. The number of aromatic nitrogens is 1. The van der Waals surface area contributed by atoms with Gasteiger partial charge in [-0.1, -0.05) is 19.1 Å². The molecular weight excluding hydrogens is 387 g/mol. The van der Waals surface area contributed by atoms with E-state index >= 15 is 0 Å². The van der Waals surface area contributed by atoms with Gasteiger partial charge in [-0.2, -0.15) is 0 Å². The van der Waals surface area contributed by atoms with Crippen molar-refractivity contribution in [3.05, 3.63) is 81.6 Å². The number of rotatable bonds is 8. The van der Waals surface area contributed by atoms with E-state index in [1.807, 2.05) is 50.4 Å². The summed E-state index contributed by atoms with van der Waals surface area (Å²) in [6, 6.07) is 13.6. The monoisotopic (exact) mass is 412 g/mol. The number of hydrogen-bond donors (Lipinski definition) is 0. The Balaban J connectivity index is 1.68. The van der Waals surface area contributed by atoms with Gasteiger partial charge in [0.2, 0.25) is 0 Å². The number of carbonyl (C=O) groups is 1. The Labute approximate surface area is 175 Å². The Morgan fingerprint density at radius 3 is 2.69 bits per heavy atom. The lowest BCUT2D eigenvalue weighted by molar-refractivity contribution is 0.0669. The fourth-order valence-corrected chi connectivity index (χ4v) is 3.62. The zero-order valence-electron chi connectivity index (χ0n) is 16.9. The second-order valence-electron chi connectivity index (χ2n) is 7.03. The first-order valence-corrected chi connectivity index (χ1v) is 10.5. The third-order valence-electron chi connectivity index (χ3n) is 4.76. The first-order chi connectivity index (χ1) is 14.0. The van der Waals surface area contributed by atoms with Crippen molar-refractivity contribution in [1.82, 2.24) is 9.88 Å². The van der Waals surface area contributed by atoms with E-state index in [2.05, 4.69) is 4.98 Å². The van der Waals surface area contributed by atoms with E-state index in [0.717, 1.165) is 28.4 Å². The van der Waals surface area contributed by atoms with E-state index in [9.17, 15) is 9.18 Å². The van der Waals surface area contributed by atoms with Gasteiger partial charge in [-0.05, 0) is 62.2 Å². The summed E-state index contributed by atoms with van der Waals surface area (Å²) in [4.78, 5) is 19.4. The van der Waals surface area contributed by atoms with Gasteiger partial charge in [0, 0.05) is 17.0 Å². The molecule has 0 spiro atoms. The lowest BCUT2D eigenvalue weighted by Gasteiger charge is -2.28. The molecule has 1 atom stereocenters. The molecule has 29 heavy (non-hydrogen) atoms. The molecule has 1 aromatic heterocycles. The third kappa shape index (κ3) is 5.64. The minimum Gasteiger partial charge on any atom is -0.486 e. The summed E-state index contributed by atoms with van der Waals surface area (Å²) in [5.41, 5.74) is 2.45. The lowest BCUT2D eigenvalue weighted by atomic mass is 10.1. The Kier molecular flexibility index (Phi) is 6.99. The molecule has 1 amide bonds. The smallest absolute Gasteiger partial charge is 0.254 e. The third-order valence-corrected chi connectivity index (χ3v) is 5.63. The van der Waals surface area contributed by atoms with Crippen LogP contribution in [0, 0.1) is 12.7 Å². The number of nitrogens with zero attached hydrogens (tertiary/aromatic N) is 2. The maximum Gasteiger partial charge on any atom is 0.254 e. The second kappa shape index (κ2) is 9.65. The summed E-state index contributed by atoms with van der Waals surface area (Å²) in [6.45, 7) is 6.87. The highest BCUT2D eigenvalue weighted by Gasteiger charge is 2.22. The van der Waals surface area contributed by atoms with Crippen LogP contribution in [0.25, 0.3) is 0 Å². The predicted molar refractivity (Wildman–Crippen MR) is 114 cm³/mol. The molecule has 0 bridgehead atoms. The van der Waals surface area contributed by atoms with Crippen molar-refractivity contribution in [1.29, 1.82) is 0 Å². The normalized spacial score (nSPS) is 11.9. The summed E-state index contributed by atoms with van der Waals surface area (Å²) >= 11 is 1.52. The summed E-state index contributed by atoms with van der Waals surface area (Å²) in [6.07, 6.45) is 0.820. The van der Waals surface area contributed by atoms with E-state index in [1.54, 1.807) is 4.90 Å². The van der Waals surface area contributed by atoms with Gasteiger partial charge in [0.25, 0.3) is 5.91 Å².